The van der Waals surface area contributed by atoms with Gasteiger partial charge in [-0.05, 0) is 49.5 Å². The third-order valence-corrected chi connectivity index (χ3v) is 4.99. The maximum Gasteiger partial charge on any atom is 0.387 e. The minimum absolute atomic E-state index is 0.0127. The fraction of sp³-hybridized carbons (Fsp3) is 0.167. The number of alkyl halides is 2. The van der Waals surface area contributed by atoms with E-state index < -0.39 is 41.0 Å². The molecule has 0 fully saturated rings. The molecule has 0 saturated heterocycles. The number of carbonyl (C=O) groups excluding carboxylic acids is 3. The number of imide groups is 1. The van der Waals surface area contributed by atoms with Crippen LogP contribution in [0.15, 0.2) is 53.4 Å². The average molecular weight is 442 g/mol. The molecule has 30 heavy (non-hydrogen) atoms. The van der Waals surface area contributed by atoms with Crippen LogP contribution in [0.4, 0.5) is 8.78 Å². The molecule has 2 N–H and O–H groups in total. The SMILES string of the molecule is CNS(=O)(=O)c1cccc(C(=O)OCC(=O)NC(=O)c2ccc(OC(F)F)cc2)c1. The lowest BCUT2D eigenvalue weighted by atomic mass is 10.2. The fourth-order valence-electron chi connectivity index (χ4n) is 2.15. The second-order valence-corrected chi connectivity index (χ2v) is 7.48. The third kappa shape index (κ3) is 6.32. The first-order valence-corrected chi connectivity index (χ1v) is 9.70. The van der Waals surface area contributed by atoms with Crippen molar-refractivity contribution in [2.24, 2.45) is 0 Å². The number of hydrogen-bond acceptors (Lipinski definition) is 7. The zero-order valence-corrected chi connectivity index (χ0v) is 16.2. The van der Waals surface area contributed by atoms with Gasteiger partial charge >= 0.3 is 12.6 Å². The number of sulfonamides is 1. The lowest BCUT2D eigenvalue weighted by molar-refractivity contribution is -0.123. The number of esters is 1. The number of rotatable bonds is 8. The Kier molecular flexibility index (Phi) is 7.55. The molecule has 2 rings (SSSR count). The summed E-state index contributed by atoms with van der Waals surface area (Å²) in [6, 6.07) is 9.54. The van der Waals surface area contributed by atoms with Crippen LogP contribution in [0.1, 0.15) is 20.7 Å². The summed E-state index contributed by atoms with van der Waals surface area (Å²) in [6.45, 7) is -3.82. The predicted molar refractivity (Wildman–Crippen MR) is 98.5 cm³/mol. The maximum absolute atomic E-state index is 12.1. The topological polar surface area (TPSA) is 128 Å². The number of ether oxygens (including phenoxy) is 2. The molecule has 0 unspecified atom stereocenters. The summed E-state index contributed by atoms with van der Waals surface area (Å²) >= 11 is 0. The first kappa shape index (κ1) is 22.9. The second kappa shape index (κ2) is 9.89. The Bertz CT molecular complexity index is 1040. The van der Waals surface area contributed by atoms with Crippen molar-refractivity contribution in [3.63, 3.8) is 0 Å². The van der Waals surface area contributed by atoms with E-state index in [-0.39, 0.29) is 21.8 Å². The van der Waals surface area contributed by atoms with Crippen LogP contribution in [0, 0.1) is 0 Å². The van der Waals surface area contributed by atoms with Crippen LogP contribution in [0.2, 0.25) is 0 Å². The van der Waals surface area contributed by atoms with Gasteiger partial charge in [0.05, 0.1) is 10.5 Å². The first-order chi connectivity index (χ1) is 14.1. The van der Waals surface area contributed by atoms with E-state index in [0.29, 0.717) is 0 Å². The van der Waals surface area contributed by atoms with Crippen molar-refractivity contribution in [2.75, 3.05) is 13.7 Å². The molecular formula is C18H16F2N2O7S. The number of nitrogens with one attached hydrogen (secondary N) is 2. The molecule has 0 aliphatic heterocycles. The molecule has 2 aromatic rings. The van der Waals surface area contributed by atoms with E-state index in [2.05, 4.69) is 9.46 Å². The van der Waals surface area contributed by atoms with Crippen LogP contribution in [0.3, 0.4) is 0 Å². The lowest BCUT2D eigenvalue weighted by Gasteiger charge is -2.08. The second-order valence-electron chi connectivity index (χ2n) is 5.59. The summed E-state index contributed by atoms with van der Waals surface area (Å²) in [5.41, 5.74) is -0.124. The van der Waals surface area contributed by atoms with E-state index >= 15 is 0 Å². The van der Waals surface area contributed by atoms with E-state index in [1.165, 1.54) is 37.4 Å². The van der Waals surface area contributed by atoms with Crippen LogP contribution in [-0.4, -0.2) is 46.5 Å². The summed E-state index contributed by atoms with van der Waals surface area (Å²) in [6.07, 6.45) is 0. The highest BCUT2D eigenvalue weighted by molar-refractivity contribution is 7.89. The first-order valence-electron chi connectivity index (χ1n) is 8.22. The van der Waals surface area contributed by atoms with Crippen molar-refractivity contribution < 1.29 is 41.1 Å². The van der Waals surface area contributed by atoms with E-state index in [4.69, 9.17) is 4.74 Å². The van der Waals surface area contributed by atoms with Crippen LogP contribution in [0.5, 0.6) is 5.75 Å². The van der Waals surface area contributed by atoms with Gasteiger partial charge in [-0.1, -0.05) is 6.07 Å². The molecule has 0 heterocycles. The predicted octanol–water partition coefficient (Wildman–Crippen LogP) is 1.31. The zero-order valence-electron chi connectivity index (χ0n) is 15.4. The van der Waals surface area contributed by atoms with Gasteiger partial charge in [0, 0.05) is 5.56 Å². The van der Waals surface area contributed by atoms with Crippen LogP contribution >= 0.6 is 0 Å². The minimum Gasteiger partial charge on any atom is -0.452 e. The monoisotopic (exact) mass is 442 g/mol. The summed E-state index contributed by atoms with van der Waals surface area (Å²) in [7, 11) is -2.56. The van der Waals surface area contributed by atoms with Gasteiger partial charge in [-0.3, -0.25) is 14.9 Å². The molecule has 9 nitrogen and oxygen atoms in total. The van der Waals surface area contributed by atoms with Gasteiger partial charge in [-0.25, -0.2) is 17.9 Å². The normalized spacial score (nSPS) is 11.1. The molecule has 12 heteroatoms. The van der Waals surface area contributed by atoms with Crippen LogP contribution in [-0.2, 0) is 19.6 Å². The molecule has 2 amide bonds. The number of benzene rings is 2. The fourth-order valence-corrected chi connectivity index (χ4v) is 2.92. The van der Waals surface area contributed by atoms with Gasteiger partial charge in [0.25, 0.3) is 11.8 Å². The van der Waals surface area contributed by atoms with Gasteiger partial charge in [-0.15, -0.1) is 0 Å². The van der Waals surface area contributed by atoms with E-state index in [1.807, 2.05) is 5.32 Å². The zero-order chi connectivity index (χ0) is 22.3. The Balaban J connectivity index is 1.92. The largest absolute Gasteiger partial charge is 0.452 e. The maximum atomic E-state index is 12.1. The van der Waals surface area contributed by atoms with Gasteiger partial charge in [0.1, 0.15) is 5.75 Å². The van der Waals surface area contributed by atoms with E-state index in [1.54, 1.807) is 0 Å². The van der Waals surface area contributed by atoms with Gasteiger partial charge in [0.15, 0.2) is 6.61 Å². The van der Waals surface area contributed by atoms with Crippen molar-refractivity contribution in [1.29, 1.82) is 0 Å². The number of halogens is 2. The van der Waals surface area contributed by atoms with Crippen molar-refractivity contribution in [2.45, 2.75) is 11.5 Å². The highest BCUT2D eigenvalue weighted by atomic mass is 32.2. The average Bonchev–Trinajstić information content (AvgIpc) is 2.72. The smallest absolute Gasteiger partial charge is 0.387 e. The Morgan fingerprint density at radius 2 is 1.70 bits per heavy atom. The minimum atomic E-state index is -3.77. The summed E-state index contributed by atoms with van der Waals surface area (Å²) in [4.78, 5) is 35.6. The molecule has 160 valence electrons. The molecule has 0 aliphatic rings. The summed E-state index contributed by atoms with van der Waals surface area (Å²) in [5, 5.41) is 1.96. The summed E-state index contributed by atoms with van der Waals surface area (Å²) < 4.78 is 58.7. The van der Waals surface area contributed by atoms with E-state index in [0.717, 1.165) is 18.2 Å². The van der Waals surface area contributed by atoms with Crippen LogP contribution in [0.25, 0.3) is 0 Å². The molecule has 0 aliphatic carbocycles. The molecular weight excluding hydrogens is 426 g/mol. The molecule has 0 spiro atoms. The highest BCUT2D eigenvalue weighted by Crippen LogP contribution is 2.15. The molecule has 0 bridgehead atoms. The molecule has 0 saturated carbocycles. The number of amides is 2. The van der Waals surface area contributed by atoms with Gasteiger partial charge < -0.3 is 9.47 Å². The van der Waals surface area contributed by atoms with Gasteiger partial charge in [-0.2, -0.15) is 8.78 Å². The molecule has 0 aromatic heterocycles. The number of carbonyl (C=O) groups is 3. The Labute approximate surface area is 170 Å². The quantitative estimate of drug-likeness (QED) is 0.590. The van der Waals surface area contributed by atoms with Crippen molar-refractivity contribution in [1.82, 2.24) is 10.0 Å². The molecule has 0 atom stereocenters. The molecule has 2 aromatic carbocycles. The summed E-state index contributed by atoms with van der Waals surface area (Å²) in [5.74, 6) is -2.93. The van der Waals surface area contributed by atoms with Crippen molar-refractivity contribution >= 4 is 27.8 Å². The van der Waals surface area contributed by atoms with Crippen molar-refractivity contribution in [3.8, 4) is 5.75 Å². The Morgan fingerprint density at radius 3 is 2.30 bits per heavy atom. The Morgan fingerprint density at radius 1 is 1.03 bits per heavy atom. The highest BCUT2D eigenvalue weighted by Gasteiger charge is 2.17. The third-order valence-electron chi connectivity index (χ3n) is 3.58. The standard InChI is InChI=1S/C18H16F2N2O7S/c1-21-30(26,27)14-4-2-3-12(9-14)17(25)28-10-15(23)22-16(24)11-5-7-13(8-6-11)29-18(19)20/h2-9,18,21H,10H2,1H3,(H,22,23,24). The van der Waals surface area contributed by atoms with Crippen molar-refractivity contribution in [3.05, 3.63) is 59.7 Å². The Hall–Kier alpha value is -3.38. The van der Waals surface area contributed by atoms with E-state index in [9.17, 15) is 31.6 Å². The molecule has 0 radical (unpaired) electrons. The number of hydrogen-bond donors (Lipinski definition) is 2. The van der Waals surface area contributed by atoms with Crippen LogP contribution < -0.4 is 14.8 Å². The lowest BCUT2D eigenvalue weighted by Crippen LogP contribution is -2.34. The van der Waals surface area contributed by atoms with Gasteiger partial charge in [0.2, 0.25) is 10.0 Å².